The third kappa shape index (κ3) is 1.64. The zero-order valence-electron chi connectivity index (χ0n) is 9.77. The van der Waals surface area contributed by atoms with Crippen molar-refractivity contribution in [3.05, 3.63) is 16.6 Å². The lowest BCUT2D eigenvalue weighted by molar-refractivity contribution is -0.0765. The van der Waals surface area contributed by atoms with Gasteiger partial charge < -0.3 is 0 Å². The van der Waals surface area contributed by atoms with E-state index in [1.54, 1.807) is 0 Å². The van der Waals surface area contributed by atoms with Crippen LogP contribution in [-0.2, 0) is 11.9 Å². The second-order valence-corrected chi connectivity index (χ2v) is 5.16. The predicted molar refractivity (Wildman–Crippen MR) is 64.9 cm³/mol. The highest BCUT2D eigenvalue weighted by atomic mass is 32.1. The van der Waals surface area contributed by atoms with Gasteiger partial charge in [0.15, 0.2) is 0 Å². The molecule has 0 radical (unpaired) electrons. The van der Waals surface area contributed by atoms with Crippen molar-refractivity contribution in [3.63, 3.8) is 0 Å². The fourth-order valence-corrected chi connectivity index (χ4v) is 3.10. The minimum Gasteiger partial charge on any atom is -0.271 e. The molecule has 1 aliphatic rings. The summed E-state index contributed by atoms with van der Waals surface area (Å²) in [6.07, 6.45) is 0.914. The average Bonchev–Trinajstić information content (AvgIpc) is 3.00. The molecule has 1 amide bonds. The van der Waals surface area contributed by atoms with Gasteiger partial charge in [-0.3, -0.25) is 14.3 Å². The Balaban J connectivity index is 2.00. The Bertz CT molecular complexity index is 546. The minimum atomic E-state index is -0.0388. The van der Waals surface area contributed by atoms with E-state index in [2.05, 4.69) is 5.10 Å². The van der Waals surface area contributed by atoms with Crippen LogP contribution >= 0.6 is 11.3 Å². The van der Waals surface area contributed by atoms with Gasteiger partial charge in [-0.05, 0) is 19.4 Å². The monoisotopic (exact) mass is 251 g/mol. The van der Waals surface area contributed by atoms with Crippen molar-refractivity contribution in [2.24, 2.45) is 7.05 Å². The van der Waals surface area contributed by atoms with Crippen molar-refractivity contribution in [2.75, 3.05) is 13.2 Å². The van der Waals surface area contributed by atoms with E-state index in [0.717, 1.165) is 27.2 Å². The van der Waals surface area contributed by atoms with Crippen LogP contribution in [0.1, 0.15) is 21.8 Å². The number of hydrogen-bond acceptors (Lipinski definition) is 4. The summed E-state index contributed by atoms with van der Waals surface area (Å²) < 4.78 is 1.82. The summed E-state index contributed by atoms with van der Waals surface area (Å²) in [7, 11) is 1.90. The number of hydroxylamine groups is 2. The van der Waals surface area contributed by atoms with Gasteiger partial charge in [-0.15, -0.1) is 11.3 Å². The van der Waals surface area contributed by atoms with Gasteiger partial charge >= 0.3 is 0 Å². The van der Waals surface area contributed by atoms with Gasteiger partial charge in [-0.1, -0.05) is 0 Å². The highest BCUT2D eigenvalue weighted by Crippen LogP contribution is 2.29. The first-order chi connectivity index (χ1) is 8.16. The standard InChI is InChI=1S/C11H13N3O2S/c1-7-8-6-9(17-11(8)13(2)12-7)10(15)14-4-3-5-16-14/h6H,3-5H2,1-2H3. The van der Waals surface area contributed by atoms with Crippen LogP contribution in [0.25, 0.3) is 10.2 Å². The molecule has 0 spiro atoms. The van der Waals surface area contributed by atoms with Crippen LogP contribution in [0.2, 0.25) is 0 Å². The summed E-state index contributed by atoms with van der Waals surface area (Å²) in [6.45, 7) is 3.27. The Morgan fingerprint density at radius 2 is 2.41 bits per heavy atom. The van der Waals surface area contributed by atoms with Gasteiger partial charge in [0.2, 0.25) is 0 Å². The Morgan fingerprint density at radius 3 is 3.06 bits per heavy atom. The fraction of sp³-hybridized carbons (Fsp3) is 0.455. The lowest BCUT2D eigenvalue weighted by Gasteiger charge is -2.11. The van der Waals surface area contributed by atoms with E-state index in [1.165, 1.54) is 16.4 Å². The van der Waals surface area contributed by atoms with Crippen LogP contribution in [0.5, 0.6) is 0 Å². The van der Waals surface area contributed by atoms with E-state index in [4.69, 9.17) is 4.84 Å². The Hall–Kier alpha value is -1.40. The number of carbonyl (C=O) groups excluding carboxylic acids is 1. The van der Waals surface area contributed by atoms with E-state index in [0.29, 0.717) is 13.2 Å². The molecule has 2 aromatic rings. The number of aromatic nitrogens is 2. The summed E-state index contributed by atoms with van der Waals surface area (Å²) in [4.78, 5) is 19.1. The molecule has 0 unspecified atom stereocenters. The summed E-state index contributed by atoms with van der Waals surface area (Å²) >= 11 is 1.47. The van der Waals surface area contributed by atoms with Crippen molar-refractivity contribution in [1.29, 1.82) is 0 Å². The molecule has 0 aromatic carbocycles. The molecular weight excluding hydrogens is 238 g/mol. The first-order valence-electron chi connectivity index (χ1n) is 5.55. The number of fused-ring (bicyclic) bond motifs is 1. The predicted octanol–water partition coefficient (Wildman–Crippen LogP) is 1.72. The van der Waals surface area contributed by atoms with Crippen LogP contribution < -0.4 is 0 Å². The number of amides is 1. The SMILES string of the molecule is Cc1nn(C)c2sc(C(=O)N3CCCO3)cc12. The van der Waals surface area contributed by atoms with E-state index in [-0.39, 0.29) is 5.91 Å². The molecule has 0 atom stereocenters. The molecule has 3 rings (SSSR count). The summed E-state index contributed by atoms with van der Waals surface area (Å²) in [6, 6.07) is 1.91. The molecule has 6 heteroatoms. The first-order valence-corrected chi connectivity index (χ1v) is 6.36. The van der Waals surface area contributed by atoms with Crippen molar-refractivity contribution < 1.29 is 9.63 Å². The Morgan fingerprint density at radius 1 is 1.59 bits per heavy atom. The molecule has 0 aliphatic carbocycles. The van der Waals surface area contributed by atoms with Gasteiger partial charge in [0.05, 0.1) is 23.7 Å². The number of aryl methyl sites for hydroxylation is 2. The van der Waals surface area contributed by atoms with Crippen LogP contribution in [0, 0.1) is 6.92 Å². The van der Waals surface area contributed by atoms with Crippen molar-refractivity contribution in [1.82, 2.24) is 14.8 Å². The lowest BCUT2D eigenvalue weighted by Crippen LogP contribution is -2.25. The smallest absolute Gasteiger partial charge is 0.271 e. The maximum absolute atomic E-state index is 12.1. The van der Waals surface area contributed by atoms with Crippen LogP contribution in [-0.4, -0.2) is 33.9 Å². The second-order valence-electron chi connectivity index (χ2n) is 4.13. The maximum Gasteiger partial charge on any atom is 0.287 e. The molecule has 3 heterocycles. The van der Waals surface area contributed by atoms with Crippen LogP contribution in [0.15, 0.2) is 6.07 Å². The molecule has 1 fully saturated rings. The van der Waals surface area contributed by atoms with Crippen molar-refractivity contribution in [2.45, 2.75) is 13.3 Å². The van der Waals surface area contributed by atoms with Gasteiger partial charge in [-0.25, -0.2) is 5.06 Å². The number of rotatable bonds is 1. The third-order valence-corrected chi connectivity index (χ3v) is 4.08. The van der Waals surface area contributed by atoms with Gasteiger partial charge in [0.25, 0.3) is 5.91 Å². The minimum absolute atomic E-state index is 0.0388. The molecule has 90 valence electrons. The lowest BCUT2D eigenvalue weighted by atomic mass is 10.3. The number of nitrogens with zero attached hydrogens (tertiary/aromatic N) is 3. The van der Waals surface area contributed by atoms with E-state index in [9.17, 15) is 4.79 Å². The highest BCUT2D eigenvalue weighted by molar-refractivity contribution is 7.20. The quantitative estimate of drug-likeness (QED) is 0.775. The number of thiophene rings is 1. The molecule has 0 bridgehead atoms. The third-order valence-electron chi connectivity index (χ3n) is 2.89. The summed E-state index contributed by atoms with van der Waals surface area (Å²) in [5.41, 5.74) is 0.958. The zero-order valence-corrected chi connectivity index (χ0v) is 10.6. The van der Waals surface area contributed by atoms with Crippen molar-refractivity contribution in [3.8, 4) is 0 Å². The van der Waals surface area contributed by atoms with Crippen molar-refractivity contribution >= 4 is 27.5 Å². The van der Waals surface area contributed by atoms with Crippen LogP contribution in [0.3, 0.4) is 0 Å². The first kappa shape index (κ1) is 10.7. The van der Waals surface area contributed by atoms with Crippen LogP contribution in [0.4, 0.5) is 0 Å². The second kappa shape index (κ2) is 3.82. The average molecular weight is 251 g/mol. The molecular formula is C11H13N3O2S. The Kier molecular flexibility index (Phi) is 2.41. The van der Waals surface area contributed by atoms with Gasteiger partial charge in [-0.2, -0.15) is 5.10 Å². The molecule has 0 saturated carbocycles. The molecule has 0 N–H and O–H groups in total. The highest BCUT2D eigenvalue weighted by Gasteiger charge is 2.23. The summed E-state index contributed by atoms with van der Waals surface area (Å²) in [5, 5.41) is 6.83. The van der Waals surface area contributed by atoms with E-state index < -0.39 is 0 Å². The molecule has 1 saturated heterocycles. The maximum atomic E-state index is 12.1. The molecule has 17 heavy (non-hydrogen) atoms. The number of carbonyl (C=O) groups is 1. The number of hydrogen-bond donors (Lipinski definition) is 0. The molecule has 1 aliphatic heterocycles. The molecule has 5 nitrogen and oxygen atoms in total. The van der Waals surface area contributed by atoms with E-state index >= 15 is 0 Å². The van der Waals surface area contributed by atoms with Gasteiger partial charge in [0, 0.05) is 12.4 Å². The zero-order chi connectivity index (χ0) is 12.0. The largest absolute Gasteiger partial charge is 0.287 e. The Labute approximate surface area is 103 Å². The van der Waals surface area contributed by atoms with Gasteiger partial charge in [0.1, 0.15) is 4.83 Å². The summed E-state index contributed by atoms with van der Waals surface area (Å²) in [5.74, 6) is -0.0388. The molecule has 2 aromatic heterocycles. The topological polar surface area (TPSA) is 47.4 Å². The normalized spacial score (nSPS) is 16.0. The fourth-order valence-electron chi connectivity index (χ4n) is 2.04. The van der Waals surface area contributed by atoms with E-state index in [1.807, 2.05) is 24.7 Å².